The first-order chi connectivity index (χ1) is 7.27. The van der Waals surface area contributed by atoms with Gasteiger partial charge in [0, 0.05) is 6.04 Å². The number of nitrogens with one attached hydrogen (secondary N) is 1. The Hall–Kier alpha value is -0.890. The number of halogens is 1. The molecule has 0 aromatic heterocycles. The molecule has 1 atom stereocenters. The molecular formula is C13H20FN. The van der Waals surface area contributed by atoms with Crippen molar-refractivity contribution in [2.45, 2.75) is 38.6 Å². The maximum absolute atomic E-state index is 13.4. The molecule has 0 aliphatic rings. The Morgan fingerprint density at radius 1 is 1.33 bits per heavy atom. The number of likely N-dealkylation sites (N-methyl/N-ethyl adjacent to an activating group) is 1. The largest absolute Gasteiger partial charge is 0.317 e. The van der Waals surface area contributed by atoms with Crippen LogP contribution in [0.15, 0.2) is 24.3 Å². The summed E-state index contributed by atoms with van der Waals surface area (Å²) in [5, 5.41) is 3.25. The SMILES string of the molecule is CCCCC(Cc1ccccc1F)NC. The van der Waals surface area contributed by atoms with Crippen molar-refractivity contribution < 1.29 is 4.39 Å². The van der Waals surface area contributed by atoms with Gasteiger partial charge in [0.2, 0.25) is 0 Å². The van der Waals surface area contributed by atoms with Crippen molar-refractivity contribution in [3.8, 4) is 0 Å². The Morgan fingerprint density at radius 2 is 2.07 bits per heavy atom. The number of rotatable bonds is 6. The summed E-state index contributed by atoms with van der Waals surface area (Å²) in [6.45, 7) is 2.18. The topological polar surface area (TPSA) is 12.0 Å². The minimum Gasteiger partial charge on any atom is -0.317 e. The molecular weight excluding hydrogens is 189 g/mol. The second kappa shape index (κ2) is 6.57. The van der Waals surface area contributed by atoms with Crippen LogP contribution in [0.3, 0.4) is 0 Å². The predicted molar refractivity (Wildman–Crippen MR) is 62.5 cm³/mol. The van der Waals surface area contributed by atoms with E-state index in [1.54, 1.807) is 6.07 Å². The van der Waals surface area contributed by atoms with E-state index >= 15 is 0 Å². The highest BCUT2D eigenvalue weighted by atomic mass is 19.1. The molecule has 1 aromatic rings. The van der Waals surface area contributed by atoms with Crippen molar-refractivity contribution >= 4 is 0 Å². The van der Waals surface area contributed by atoms with Gasteiger partial charge >= 0.3 is 0 Å². The van der Waals surface area contributed by atoms with Gasteiger partial charge in [0.05, 0.1) is 0 Å². The van der Waals surface area contributed by atoms with Crippen LogP contribution < -0.4 is 5.32 Å². The van der Waals surface area contributed by atoms with Crippen molar-refractivity contribution in [3.05, 3.63) is 35.6 Å². The van der Waals surface area contributed by atoms with E-state index in [9.17, 15) is 4.39 Å². The van der Waals surface area contributed by atoms with Crippen LogP contribution in [0, 0.1) is 5.82 Å². The molecule has 0 amide bonds. The highest BCUT2D eigenvalue weighted by molar-refractivity contribution is 5.18. The number of hydrogen-bond acceptors (Lipinski definition) is 1. The van der Waals surface area contributed by atoms with Gasteiger partial charge in [0.1, 0.15) is 5.82 Å². The third-order valence-electron chi connectivity index (χ3n) is 2.74. The van der Waals surface area contributed by atoms with Crippen LogP contribution in [-0.4, -0.2) is 13.1 Å². The molecule has 0 aliphatic heterocycles. The van der Waals surface area contributed by atoms with Crippen molar-refractivity contribution in [1.82, 2.24) is 5.32 Å². The van der Waals surface area contributed by atoms with E-state index in [4.69, 9.17) is 0 Å². The number of benzene rings is 1. The minimum atomic E-state index is -0.0887. The van der Waals surface area contributed by atoms with Gasteiger partial charge < -0.3 is 5.32 Å². The van der Waals surface area contributed by atoms with E-state index in [2.05, 4.69) is 12.2 Å². The highest BCUT2D eigenvalue weighted by Crippen LogP contribution is 2.12. The number of unbranched alkanes of at least 4 members (excludes halogenated alkanes) is 1. The van der Waals surface area contributed by atoms with Crippen molar-refractivity contribution in [2.24, 2.45) is 0 Å². The van der Waals surface area contributed by atoms with Gasteiger partial charge in [0.25, 0.3) is 0 Å². The predicted octanol–water partition coefficient (Wildman–Crippen LogP) is 3.15. The Morgan fingerprint density at radius 3 is 2.67 bits per heavy atom. The summed E-state index contributed by atoms with van der Waals surface area (Å²) in [7, 11) is 1.95. The lowest BCUT2D eigenvalue weighted by molar-refractivity contribution is 0.487. The van der Waals surface area contributed by atoms with Crippen LogP contribution >= 0.6 is 0 Å². The molecule has 1 unspecified atom stereocenters. The molecule has 15 heavy (non-hydrogen) atoms. The first-order valence-corrected chi connectivity index (χ1v) is 5.68. The third kappa shape index (κ3) is 4.00. The molecule has 0 heterocycles. The fourth-order valence-corrected chi connectivity index (χ4v) is 1.73. The standard InChI is InChI=1S/C13H20FN/c1-3-4-8-12(15-2)10-11-7-5-6-9-13(11)14/h5-7,9,12,15H,3-4,8,10H2,1-2H3. The monoisotopic (exact) mass is 209 g/mol. The molecule has 0 spiro atoms. The fraction of sp³-hybridized carbons (Fsp3) is 0.538. The summed E-state index contributed by atoms with van der Waals surface area (Å²) in [6.07, 6.45) is 4.28. The Kier molecular flexibility index (Phi) is 5.33. The zero-order valence-electron chi connectivity index (χ0n) is 9.59. The summed E-state index contributed by atoms with van der Waals surface area (Å²) < 4.78 is 13.4. The summed E-state index contributed by atoms with van der Waals surface area (Å²) in [5.41, 5.74) is 0.813. The molecule has 0 radical (unpaired) electrons. The molecule has 0 bridgehead atoms. The lowest BCUT2D eigenvalue weighted by Gasteiger charge is -2.16. The quantitative estimate of drug-likeness (QED) is 0.759. The number of hydrogen-bond donors (Lipinski definition) is 1. The zero-order valence-corrected chi connectivity index (χ0v) is 9.59. The Bertz CT molecular complexity index is 286. The summed E-state index contributed by atoms with van der Waals surface area (Å²) >= 11 is 0. The van der Waals surface area contributed by atoms with Crippen molar-refractivity contribution in [2.75, 3.05) is 7.05 Å². The van der Waals surface area contributed by atoms with Crippen LogP contribution in [0.5, 0.6) is 0 Å². The lowest BCUT2D eigenvalue weighted by atomic mass is 10.0. The van der Waals surface area contributed by atoms with E-state index in [1.165, 1.54) is 18.9 Å². The second-order valence-electron chi connectivity index (χ2n) is 3.92. The Balaban J connectivity index is 2.54. The van der Waals surface area contributed by atoms with E-state index in [0.717, 1.165) is 18.4 Å². The first kappa shape index (κ1) is 12.2. The molecule has 1 rings (SSSR count). The first-order valence-electron chi connectivity index (χ1n) is 5.68. The van der Waals surface area contributed by atoms with E-state index in [-0.39, 0.29) is 5.82 Å². The molecule has 0 fully saturated rings. The second-order valence-corrected chi connectivity index (χ2v) is 3.92. The zero-order chi connectivity index (χ0) is 11.1. The Labute approximate surface area is 91.7 Å². The fourth-order valence-electron chi connectivity index (χ4n) is 1.73. The van der Waals surface area contributed by atoms with E-state index in [1.807, 2.05) is 19.2 Å². The molecule has 1 nitrogen and oxygen atoms in total. The third-order valence-corrected chi connectivity index (χ3v) is 2.74. The molecule has 0 aliphatic carbocycles. The van der Waals surface area contributed by atoms with Crippen LogP contribution in [0.4, 0.5) is 4.39 Å². The van der Waals surface area contributed by atoms with Gasteiger partial charge in [-0.2, -0.15) is 0 Å². The van der Waals surface area contributed by atoms with E-state index in [0.29, 0.717) is 6.04 Å². The van der Waals surface area contributed by atoms with Crippen LogP contribution in [-0.2, 0) is 6.42 Å². The molecule has 0 saturated carbocycles. The van der Waals surface area contributed by atoms with Crippen molar-refractivity contribution in [1.29, 1.82) is 0 Å². The molecule has 84 valence electrons. The van der Waals surface area contributed by atoms with Gasteiger partial charge in [-0.1, -0.05) is 38.0 Å². The average Bonchev–Trinajstić information content (AvgIpc) is 2.26. The highest BCUT2D eigenvalue weighted by Gasteiger charge is 2.09. The van der Waals surface area contributed by atoms with Crippen molar-refractivity contribution in [3.63, 3.8) is 0 Å². The smallest absolute Gasteiger partial charge is 0.126 e. The average molecular weight is 209 g/mol. The minimum absolute atomic E-state index is 0.0887. The summed E-state index contributed by atoms with van der Waals surface area (Å²) in [5.74, 6) is -0.0887. The van der Waals surface area contributed by atoms with Crippen LogP contribution in [0.25, 0.3) is 0 Å². The van der Waals surface area contributed by atoms with Gasteiger partial charge in [-0.25, -0.2) is 4.39 Å². The summed E-state index contributed by atoms with van der Waals surface area (Å²) in [6, 6.07) is 7.42. The molecule has 1 aromatic carbocycles. The lowest BCUT2D eigenvalue weighted by Crippen LogP contribution is -2.27. The van der Waals surface area contributed by atoms with Crippen LogP contribution in [0.2, 0.25) is 0 Å². The van der Waals surface area contributed by atoms with E-state index < -0.39 is 0 Å². The molecule has 1 N–H and O–H groups in total. The van der Waals surface area contributed by atoms with Gasteiger partial charge in [-0.3, -0.25) is 0 Å². The van der Waals surface area contributed by atoms with Crippen LogP contribution in [0.1, 0.15) is 31.7 Å². The maximum atomic E-state index is 13.4. The van der Waals surface area contributed by atoms with Gasteiger partial charge in [-0.05, 0) is 31.5 Å². The molecule has 0 saturated heterocycles. The van der Waals surface area contributed by atoms with Gasteiger partial charge in [0.15, 0.2) is 0 Å². The normalized spacial score (nSPS) is 12.7. The maximum Gasteiger partial charge on any atom is 0.126 e. The van der Waals surface area contributed by atoms with Gasteiger partial charge in [-0.15, -0.1) is 0 Å². The summed E-state index contributed by atoms with van der Waals surface area (Å²) in [4.78, 5) is 0. The molecule has 2 heteroatoms.